The standard InChI is InChI=1S/C7H13NO4.C6H12O/c1-7(2,3)12-6(11)8-4-5(9)10;1-6-2-4-7-5-3-6/h4H2,1-3H3,(H,8,11)(H,9,10);6H,2-5H2,1H3. The highest BCUT2D eigenvalue weighted by Gasteiger charge is 2.16. The van der Waals surface area contributed by atoms with Gasteiger partial charge >= 0.3 is 12.1 Å². The zero-order valence-electron chi connectivity index (χ0n) is 12.2. The minimum Gasteiger partial charge on any atom is -0.480 e. The average Bonchev–Trinajstić information content (AvgIpc) is 2.26. The summed E-state index contributed by atoms with van der Waals surface area (Å²) in [5, 5.41) is 10.3. The maximum atomic E-state index is 10.8. The van der Waals surface area contributed by atoms with Gasteiger partial charge in [-0.05, 0) is 39.5 Å². The molecule has 2 N–H and O–H groups in total. The molecule has 1 saturated heterocycles. The molecule has 1 aliphatic rings. The fourth-order valence-electron chi connectivity index (χ4n) is 1.28. The summed E-state index contributed by atoms with van der Waals surface area (Å²) >= 11 is 0. The summed E-state index contributed by atoms with van der Waals surface area (Å²) < 4.78 is 9.91. The molecule has 1 rings (SSSR count). The summed E-state index contributed by atoms with van der Waals surface area (Å²) in [4.78, 5) is 20.8. The summed E-state index contributed by atoms with van der Waals surface area (Å²) in [6, 6.07) is 0. The second kappa shape index (κ2) is 8.74. The Morgan fingerprint density at radius 2 is 1.84 bits per heavy atom. The predicted molar refractivity (Wildman–Crippen MR) is 71.1 cm³/mol. The van der Waals surface area contributed by atoms with Crippen molar-refractivity contribution in [3.63, 3.8) is 0 Å². The van der Waals surface area contributed by atoms with Gasteiger partial charge in [0.05, 0.1) is 0 Å². The Morgan fingerprint density at radius 3 is 2.16 bits per heavy atom. The zero-order chi connectivity index (χ0) is 14.9. The Kier molecular flexibility index (Phi) is 8.14. The van der Waals surface area contributed by atoms with E-state index < -0.39 is 24.2 Å². The first-order valence-electron chi connectivity index (χ1n) is 6.47. The quantitative estimate of drug-likeness (QED) is 0.805. The molecule has 0 radical (unpaired) electrons. The molecule has 0 atom stereocenters. The van der Waals surface area contributed by atoms with E-state index in [-0.39, 0.29) is 0 Å². The monoisotopic (exact) mass is 275 g/mol. The van der Waals surface area contributed by atoms with Gasteiger partial charge < -0.3 is 19.9 Å². The van der Waals surface area contributed by atoms with E-state index in [0.29, 0.717) is 0 Å². The number of ether oxygens (including phenoxy) is 2. The Bertz CT molecular complexity index is 279. The van der Waals surface area contributed by atoms with Crippen molar-refractivity contribution in [1.29, 1.82) is 0 Å². The van der Waals surface area contributed by atoms with Crippen LogP contribution in [0.4, 0.5) is 4.79 Å². The van der Waals surface area contributed by atoms with Crippen LogP contribution in [-0.2, 0) is 14.3 Å². The Balaban J connectivity index is 0.000000388. The van der Waals surface area contributed by atoms with E-state index in [0.717, 1.165) is 19.1 Å². The van der Waals surface area contributed by atoms with Crippen LogP contribution in [0.25, 0.3) is 0 Å². The molecule has 112 valence electrons. The van der Waals surface area contributed by atoms with E-state index in [1.54, 1.807) is 20.8 Å². The van der Waals surface area contributed by atoms with Crippen molar-refractivity contribution in [2.45, 2.75) is 46.1 Å². The molecule has 0 aromatic rings. The number of amides is 1. The lowest BCUT2D eigenvalue weighted by atomic mass is 10.0. The van der Waals surface area contributed by atoms with Crippen LogP contribution in [0.3, 0.4) is 0 Å². The molecule has 0 aliphatic carbocycles. The fraction of sp³-hybridized carbons (Fsp3) is 0.846. The number of rotatable bonds is 2. The van der Waals surface area contributed by atoms with Crippen molar-refractivity contribution in [2.24, 2.45) is 5.92 Å². The van der Waals surface area contributed by atoms with Gasteiger partial charge in [0.15, 0.2) is 0 Å². The molecule has 0 saturated carbocycles. The van der Waals surface area contributed by atoms with E-state index in [1.807, 2.05) is 0 Å². The van der Waals surface area contributed by atoms with Gasteiger partial charge in [-0.25, -0.2) is 4.79 Å². The van der Waals surface area contributed by atoms with Crippen LogP contribution in [-0.4, -0.2) is 42.5 Å². The number of carbonyl (C=O) groups is 2. The number of alkyl carbamates (subject to hydrolysis) is 1. The Hall–Kier alpha value is -1.30. The highest BCUT2D eigenvalue weighted by atomic mass is 16.6. The maximum absolute atomic E-state index is 10.8. The lowest BCUT2D eigenvalue weighted by Gasteiger charge is -2.19. The highest BCUT2D eigenvalue weighted by Crippen LogP contribution is 2.11. The molecule has 0 unspecified atom stereocenters. The Morgan fingerprint density at radius 1 is 1.32 bits per heavy atom. The zero-order valence-corrected chi connectivity index (χ0v) is 12.2. The van der Waals surface area contributed by atoms with Gasteiger partial charge in [-0.2, -0.15) is 0 Å². The molecule has 0 aromatic carbocycles. The molecule has 19 heavy (non-hydrogen) atoms. The summed E-state index contributed by atoms with van der Waals surface area (Å²) in [7, 11) is 0. The summed E-state index contributed by atoms with van der Waals surface area (Å²) in [5.74, 6) is -0.186. The molecule has 6 nitrogen and oxygen atoms in total. The van der Waals surface area contributed by atoms with E-state index in [4.69, 9.17) is 14.6 Å². The van der Waals surface area contributed by atoms with Gasteiger partial charge in [0.2, 0.25) is 0 Å². The largest absolute Gasteiger partial charge is 0.480 e. The van der Waals surface area contributed by atoms with Gasteiger partial charge in [0.1, 0.15) is 12.1 Å². The van der Waals surface area contributed by atoms with Gasteiger partial charge in [-0.3, -0.25) is 4.79 Å². The summed E-state index contributed by atoms with van der Waals surface area (Å²) in [5.41, 5.74) is -0.595. The molecule has 6 heteroatoms. The molecule has 1 heterocycles. The third-order valence-electron chi connectivity index (χ3n) is 2.29. The topological polar surface area (TPSA) is 84.9 Å². The molecule has 1 fully saturated rings. The Labute approximate surface area is 114 Å². The van der Waals surface area contributed by atoms with Crippen LogP contribution in [0.5, 0.6) is 0 Å². The van der Waals surface area contributed by atoms with Crippen LogP contribution in [0.15, 0.2) is 0 Å². The molecule has 1 amide bonds. The van der Waals surface area contributed by atoms with E-state index in [9.17, 15) is 9.59 Å². The number of carbonyl (C=O) groups excluding carboxylic acids is 1. The van der Waals surface area contributed by atoms with Crippen molar-refractivity contribution in [1.82, 2.24) is 5.32 Å². The first-order chi connectivity index (χ1) is 8.70. The number of carboxylic acid groups (broad SMARTS) is 1. The first kappa shape index (κ1) is 17.7. The molecule has 0 bridgehead atoms. The van der Waals surface area contributed by atoms with Gasteiger partial charge in [-0.1, -0.05) is 6.92 Å². The highest BCUT2D eigenvalue weighted by molar-refractivity contribution is 5.76. The SMILES string of the molecule is CC(C)(C)OC(=O)NCC(=O)O.CC1CCOCC1. The summed E-state index contributed by atoms with van der Waals surface area (Å²) in [6.45, 7) is 8.94. The third-order valence-corrected chi connectivity index (χ3v) is 2.29. The van der Waals surface area contributed by atoms with Crippen LogP contribution in [0.2, 0.25) is 0 Å². The lowest BCUT2D eigenvalue weighted by molar-refractivity contribution is -0.136. The van der Waals surface area contributed by atoms with Crippen LogP contribution >= 0.6 is 0 Å². The van der Waals surface area contributed by atoms with Crippen molar-refractivity contribution >= 4 is 12.1 Å². The molecule has 0 spiro atoms. The number of hydrogen-bond acceptors (Lipinski definition) is 4. The van der Waals surface area contributed by atoms with Gasteiger partial charge in [0, 0.05) is 13.2 Å². The number of nitrogens with one attached hydrogen (secondary N) is 1. The van der Waals surface area contributed by atoms with Gasteiger partial charge in [-0.15, -0.1) is 0 Å². The fourth-order valence-corrected chi connectivity index (χ4v) is 1.28. The first-order valence-corrected chi connectivity index (χ1v) is 6.47. The number of aliphatic carboxylic acids is 1. The number of carboxylic acids is 1. The summed E-state index contributed by atoms with van der Waals surface area (Å²) in [6.07, 6.45) is 1.81. The van der Waals surface area contributed by atoms with Crippen LogP contribution in [0, 0.1) is 5.92 Å². The molecule has 1 aliphatic heterocycles. The van der Waals surface area contributed by atoms with Crippen molar-refractivity contribution in [2.75, 3.05) is 19.8 Å². The van der Waals surface area contributed by atoms with E-state index in [1.165, 1.54) is 12.8 Å². The maximum Gasteiger partial charge on any atom is 0.408 e. The van der Waals surface area contributed by atoms with Gasteiger partial charge in [0.25, 0.3) is 0 Å². The molecular formula is C13H25NO5. The van der Waals surface area contributed by atoms with Crippen LogP contribution in [0.1, 0.15) is 40.5 Å². The predicted octanol–water partition coefficient (Wildman–Crippen LogP) is 2.03. The second-order valence-electron chi connectivity index (χ2n) is 5.54. The molecule has 0 aromatic heterocycles. The van der Waals surface area contributed by atoms with Crippen molar-refractivity contribution < 1.29 is 24.2 Å². The van der Waals surface area contributed by atoms with Crippen LogP contribution < -0.4 is 5.32 Å². The number of hydrogen-bond donors (Lipinski definition) is 2. The van der Waals surface area contributed by atoms with Crippen molar-refractivity contribution in [3.05, 3.63) is 0 Å². The minimum absolute atomic E-state index is 0.422. The smallest absolute Gasteiger partial charge is 0.408 e. The average molecular weight is 275 g/mol. The second-order valence-corrected chi connectivity index (χ2v) is 5.54. The van der Waals surface area contributed by atoms with E-state index >= 15 is 0 Å². The molecular weight excluding hydrogens is 250 g/mol. The lowest BCUT2D eigenvalue weighted by Crippen LogP contribution is -2.35. The third kappa shape index (κ3) is 12.9. The normalized spacial score (nSPS) is 16.0. The van der Waals surface area contributed by atoms with E-state index in [2.05, 4.69) is 12.2 Å². The minimum atomic E-state index is -1.10. The van der Waals surface area contributed by atoms with Crippen molar-refractivity contribution in [3.8, 4) is 0 Å².